The van der Waals surface area contributed by atoms with Crippen LogP contribution in [0, 0.1) is 16.7 Å². The summed E-state index contributed by atoms with van der Waals surface area (Å²) in [6.45, 7) is 8.64. The number of aliphatic hydroxyl groups is 2. The third-order valence-electron chi connectivity index (χ3n) is 6.76. The first-order valence-corrected chi connectivity index (χ1v) is 8.81. The average Bonchev–Trinajstić information content (AvgIpc) is 2.95. The number of furan rings is 1. The van der Waals surface area contributed by atoms with Crippen molar-refractivity contribution in [3.8, 4) is 0 Å². The van der Waals surface area contributed by atoms with Crippen molar-refractivity contribution in [3.05, 3.63) is 35.8 Å². The lowest BCUT2D eigenvalue weighted by atomic mass is 9.45. The molecule has 2 N–H and O–H groups in total. The van der Waals surface area contributed by atoms with Gasteiger partial charge in [0.1, 0.15) is 0 Å². The van der Waals surface area contributed by atoms with Crippen LogP contribution in [0.1, 0.15) is 58.9 Å². The van der Waals surface area contributed by atoms with Crippen LogP contribution in [0.3, 0.4) is 0 Å². The summed E-state index contributed by atoms with van der Waals surface area (Å²) in [5, 5.41) is 22.5. The molecule has 2 aliphatic rings. The molecule has 0 saturated heterocycles. The van der Waals surface area contributed by atoms with E-state index in [9.17, 15) is 10.2 Å². The maximum atomic E-state index is 11.7. The fraction of sp³-hybridized carbons (Fsp3) is 0.700. The molecule has 1 saturated carbocycles. The van der Waals surface area contributed by atoms with Crippen LogP contribution in [0.5, 0.6) is 0 Å². The first-order chi connectivity index (χ1) is 10.7. The van der Waals surface area contributed by atoms with E-state index in [1.54, 1.807) is 12.5 Å². The van der Waals surface area contributed by atoms with E-state index < -0.39 is 11.7 Å². The Bertz CT molecular complexity index is 586. The Morgan fingerprint density at radius 2 is 2.00 bits per heavy atom. The highest BCUT2D eigenvalue weighted by molar-refractivity contribution is 5.30. The van der Waals surface area contributed by atoms with E-state index in [-0.39, 0.29) is 16.7 Å². The van der Waals surface area contributed by atoms with Gasteiger partial charge in [0.15, 0.2) is 0 Å². The Labute approximate surface area is 139 Å². The minimum Gasteiger partial charge on any atom is -0.472 e. The van der Waals surface area contributed by atoms with Crippen molar-refractivity contribution in [1.82, 2.24) is 0 Å². The van der Waals surface area contributed by atoms with Crippen LogP contribution in [0.25, 0.3) is 0 Å². The van der Waals surface area contributed by atoms with Gasteiger partial charge in [-0.3, -0.25) is 0 Å². The molecule has 1 aromatic heterocycles. The largest absolute Gasteiger partial charge is 0.472 e. The molecule has 3 nitrogen and oxygen atoms in total. The lowest BCUT2D eigenvalue weighted by Crippen LogP contribution is -2.62. The Hall–Kier alpha value is -1.06. The first kappa shape index (κ1) is 16.8. The van der Waals surface area contributed by atoms with E-state index in [0.29, 0.717) is 6.42 Å². The second kappa shape index (κ2) is 5.49. The van der Waals surface area contributed by atoms with E-state index in [1.807, 2.05) is 19.1 Å². The third kappa shape index (κ3) is 2.49. The predicted molar refractivity (Wildman–Crippen MR) is 91.0 cm³/mol. The van der Waals surface area contributed by atoms with Gasteiger partial charge in [-0.05, 0) is 55.2 Å². The molecule has 2 aliphatic carbocycles. The second-order valence-electron chi connectivity index (χ2n) is 8.57. The topological polar surface area (TPSA) is 53.6 Å². The zero-order valence-corrected chi connectivity index (χ0v) is 14.8. The highest BCUT2D eigenvalue weighted by Gasteiger charge is 2.61. The fourth-order valence-electron chi connectivity index (χ4n) is 5.57. The molecule has 0 spiro atoms. The molecule has 0 amide bonds. The summed E-state index contributed by atoms with van der Waals surface area (Å²) >= 11 is 0. The summed E-state index contributed by atoms with van der Waals surface area (Å²) in [5.74, 6) is 0.0850. The quantitative estimate of drug-likeness (QED) is 0.825. The smallest absolute Gasteiger partial charge is 0.0934 e. The SMILES string of the molecule is CC1=C[C@H](O)C2C(C)(C)CCC[C@]2(C)[C@@]1(O)CCc1ccoc1. The van der Waals surface area contributed by atoms with Crippen molar-refractivity contribution in [3.63, 3.8) is 0 Å². The van der Waals surface area contributed by atoms with E-state index in [4.69, 9.17) is 4.42 Å². The number of fused-ring (bicyclic) bond motifs is 1. The van der Waals surface area contributed by atoms with Crippen molar-refractivity contribution in [1.29, 1.82) is 0 Å². The molecule has 1 aromatic rings. The molecule has 0 bridgehead atoms. The molecular weight excluding hydrogens is 288 g/mol. The highest BCUT2D eigenvalue weighted by atomic mass is 16.3. The Kier molecular flexibility index (Phi) is 4.01. The van der Waals surface area contributed by atoms with Crippen LogP contribution in [0.4, 0.5) is 0 Å². The molecule has 0 radical (unpaired) electrons. The van der Waals surface area contributed by atoms with Gasteiger partial charge in [-0.25, -0.2) is 0 Å². The van der Waals surface area contributed by atoms with E-state index in [2.05, 4.69) is 20.8 Å². The summed E-state index contributed by atoms with van der Waals surface area (Å²) in [5.41, 5.74) is 0.910. The van der Waals surface area contributed by atoms with Crippen molar-refractivity contribution in [2.24, 2.45) is 16.7 Å². The number of hydrogen-bond acceptors (Lipinski definition) is 3. The van der Waals surface area contributed by atoms with Gasteiger partial charge >= 0.3 is 0 Å². The van der Waals surface area contributed by atoms with Crippen LogP contribution >= 0.6 is 0 Å². The number of aliphatic hydroxyl groups excluding tert-OH is 1. The lowest BCUT2D eigenvalue weighted by Gasteiger charge is -2.61. The van der Waals surface area contributed by atoms with Gasteiger partial charge in [-0.1, -0.05) is 33.3 Å². The third-order valence-corrected chi connectivity index (χ3v) is 6.76. The van der Waals surface area contributed by atoms with Gasteiger partial charge < -0.3 is 14.6 Å². The van der Waals surface area contributed by atoms with Crippen molar-refractivity contribution >= 4 is 0 Å². The molecule has 1 heterocycles. The van der Waals surface area contributed by atoms with Crippen LogP contribution < -0.4 is 0 Å². The van der Waals surface area contributed by atoms with Gasteiger partial charge in [0.25, 0.3) is 0 Å². The molecule has 3 rings (SSSR count). The van der Waals surface area contributed by atoms with Gasteiger partial charge in [-0.15, -0.1) is 0 Å². The zero-order chi connectivity index (χ0) is 16.9. The molecule has 4 atom stereocenters. The van der Waals surface area contributed by atoms with Gasteiger partial charge in [0.05, 0.1) is 24.2 Å². The highest BCUT2D eigenvalue weighted by Crippen LogP contribution is 2.62. The van der Waals surface area contributed by atoms with Crippen LogP contribution in [-0.4, -0.2) is 21.9 Å². The monoisotopic (exact) mass is 318 g/mol. The van der Waals surface area contributed by atoms with Crippen LogP contribution in [-0.2, 0) is 6.42 Å². The predicted octanol–water partition coefficient (Wildman–Crippen LogP) is 4.10. The summed E-state index contributed by atoms with van der Waals surface area (Å²) < 4.78 is 5.16. The van der Waals surface area contributed by atoms with E-state index in [1.165, 1.54) is 0 Å². The van der Waals surface area contributed by atoms with Gasteiger partial charge in [0, 0.05) is 11.3 Å². The average molecular weight is 318 g/mol. The van der Waals surface area contributed by atoms with Gasteiger partial charge in [0.2, 0.25) is 0 Å². The van der Waals surface area contributed by atoms with E-state index in [0.717, 1.165) is 36.8 Å². The number of aryl methyl sites for hydroxylation is 1. The van der Waals surface area contributed by atoms with Gasteiger partial charge in [-0.2, -0.15) is 0 Å². The maximum Gasteiger partial charge on any atom is 0.0934 e. The van der Waals surface area contributed by atoms with Crippen LogP contribution in [0.2, 0.25) is 0 Å². The van der Waals surface area contributed by atoms with Crippen molar-refractivity contribution in [2.45, 2.75) is 71.5 Å². The first-order valence-electron chi connectivity index (χ1n) is 8.81. The van der Waals surface area contributed by atoms with Crippen molar-refractivity contribution < 1.29 is 14.6 Å². The molecule has 3 heteroatoms. The summed E-state index contributed by atoms with van der Waals surface area (Å²) in [7, 11) is 0. The summed E-state index contributed by atoms with van der Waals surface area (Å²) in [4.78, 5) is 0. The molecule has 128 valence electrons. The normalized spacial score (nSPS) is 39.7. The maximum absolute atomic E-state index is 11.7. The Morgan fingerprint density at radius 1 is 1.26 bits per heavy atom. The molecule has 23 heavy (non-hydrogen) atoms. The summed E-state index contributed by atoms with van der Waals surface area (Å²) in [6.07, 6.45) is 9.50. The Balaban J connectivity index is 1.98. The zero-order valence-electron chi connectivity index (χ0n) is 14.8. The summed E-state index contributed by atoms with van der Waals surface area (Å²) in [6, 6.07) is 1.96. The minimum absolute atomic E-state index is 0.0350. The second-order valence-corrected chi connectivity index (χ2v) is 8.57. The van der Waals surface area contributed by atoms with E-state index >= 15 is 0 Å². The lowest BCUT2D eigenvalue weighted by molar-refractivity contribution is -0.174. The van der Waals surface area contributed by atoms with Crippen molar-refractivity contribution in [2.75, 3.05) is 0 Å². The van der Waals surface area contributed by atoms with Crippen LogP contribution in [0.15, 0.2) is 34.7 Å². The number of rotatable bonds is 3. The molecule has 0 aliphatic heterocycles. The molecule has 0 aromatic carbocycles. The standard InChI is InChI=1S/C20H30O3/c1-14-12-16(21)17-18(2,3)8-5-9-19(17,4)20(14,22)10-6-15-7-11-23-13-15/h7,11-13,16-17,21-22H,5-6,8-10H2,1-4H3/t16-,17?,19-,20+/m0/s1. The minimum atomic E-state index is -0.869. The molecule has 1 fully saturated rings. The Morgan fingerprint density at radius 3 is 2.65 bits per heavy atom. The number of hydrogen-bond donors (Lipinski definition) is 2. The molecular formula is C20H30O3. The molecule has 1 unspecified atom stereocenters. The fourth-order valence-corrected chi connectivity index (χ4v) is 5.57.